The van der Waals surface area contributed by atoms with E-state index in [0.29, 0.717) is 30.8 Å². The number of carbonyl (C=O) groups excluding carboxylic acids is 2. The van der Waals surface area contributed by atoms with Gasteiger partial charge < -0.3 is 15.6 Å². The molecule has 0 atom stereocenters. The van der Waals surface area contributed by atoms with Crippen molar-refractivity contribution in [3.8, 4) is 0 Å². The molecule has 3 aromatic rings. The average molecular weight is 368 g/mol. The van der Waals surface area contributed by atoms with Crippen molar-refractivity contribution in [2.24, 2.45) is 0 Å². The molecule has 0 saturated heterocycles. The lowest BCUT2D eigenvalue weighted by molar-refractivity contribution is 0.0949. The number of benzene rings is 1. The van der Waals surface area contributed by atoms with Crippen molar-refractivity contribution in [3.05, 3.63) is 46.8 Å². The standard InChI is InChI=1S/C19H20N4O2S/c1-11-16-13(6-4-7-14(16)24)22-17(11)18(25)20-9-10-21-19-23-12-5-2-3-8-15(12)26-19/h2-3,5,8,22H,4,6-7,9-10H2,1H3,(H,20,25)(H,21,23). The zero-order valence-electron chi connectivity index (χ0n) is 14.5. The van der Waals surface area contributed by atoms with E-state index in [2.05, 4.69) is 20.6 Å². The number of thiazole rings is 1. The summed E-state index contributed by atoms with van der Waals surface area (Å²) < 4.78 is 1.14. The summed E-state index contributed by atoms with van der Waals surface area (Å²) in [7, 11) is 0. The van der Waals surface area contributed by atoms with Gasteiger partial charge in [0.1, 0.15) is 5.69 Å². The van der Waals surface area contributed by atoms with Crippen LogP contribution in [0, 0.1) is 6.92 Å². The van der Waals surface area contributed by atoms with Gasteiger partial charge in [0.25, 0.3) is 5.91 Å². The Bertz CT molecular complexity index is 956. The van der Waals surface area contributed by atoms with E-state index in [-0.39, 0.29) is 11.7 Å². The molecule has 134 valence electrons. The fourth-order valence-corrected chi connectivity index (χ4v) is 4.27. The van der Waals surface area contributed by atoms with Crippen LogP contribution < -0.4 is 10.6 Å². The molecule has 2 aromatic heterocycles. The number of nitrogens with one attached hydrogen (secondary N) is 3. The van der Waals surface area contributed by atoms with Gasteiger partial charge in [0.2, 0.25) is 0 Å². The maximum Gasteiger partial charge on any atom is 0.268 e. The molecule has 1 aromatic carbocycles. The van der Waals surface area contributed by atoms with Gasteiger partial charge >= 0.3 is 0 Å². The third kappa shape index (κ3) is 3.10. The second-order valence-electron chi connectivity index (χ2n) is 6.42. The molecule has 2 heterocycles. The number of hydrogen-bond donors (Lipinski definition) is 3. The first-order valence-electron chi connectivity index (χ1n) is 8.76. The summed E-state index contributed by atoms with van der Waals surface area (Å²) in [6.07, 6.45) is 2.24. The number of ketones is 1. The van der Waals surface area contributed by atoms with E-state index in [0.717, 1.165) is 39.4 Å². The number of hydrogen-bond acceptors (Lipinski definition) is 5. The van der Waals surface area contributed by atoms with E-state index < -0.39 is 0 Å². The number of carbonyl (C=O) groups is 2. The highest BCUT2D eigenvalue weighted by molar-refractivity contribution is 7.22. The molecular weight excluding hydrogens is 348 g/mol. The molecule has 0 radical (unpaired) electrons. The van der Waals surface area contributed by atoms with Gasteiger partial charge in [0, 0.05) is 30.8 Å². The summed E-state index contributed by atoms with van der Waals surface area (Å²) in [4.78, 5) is 32.2. The molecule has 3 N–H and O–H groups in total. The molecule has 0 saturated carbocycles. The minimum Gasteiger partial charge on any atom is -0.360 e. The van der Waals surface area contributed by atoms with Gasteiger partial charge in [-0.2, -0.15) is 0 Å². The number of nitrogens with zero attached hydrogens (tertiary/aromatic N) is 1. The quantitative estimate of drug-likeness (QED) is 0.603. The number of H-pyrrole nitrogens is 1. The van der Waals surface area contributed by atoms with E-state index >= 15 is 0 Å². The molecule has 1 aliphatic rings. The smallest absolute Gasteiger partial charge is 0.268 e. The minimum atomic E-state index is -0.171. The monoisotopic (exact) mass is 368 g/mol. The van der Waals surface area contributed by atoms with Crippen molar-refractivity contribution >= 4 is 38.4 Å². The van der Waals surface area contributed by atoms with Gasteiger partial charge in [-0.1, -0.05) is 23.5 Å². The predicted molar refractivity (Wildman–Crippen MR) is 103 cm³/mol. The first kappa shape index (κ1) is 16.8. The number of aryl methyl sites for hydroxylation is 1. The van der Waals surface area contributed by atoms with Crippen LogP contribution in [0.5, 0.6) is 0 Å². The van der Waals surface area contributed by atoms with Crippen LogP contribution in [0.1, 0.15) is 44.9 Å². The normalized spacial score (nSPS) is 13.7. The van der Waals surface area contributed by atoms with Crippen molar-refractivity contribution in [1.82, 2.24) is 15.3 Å². The highest BCUT2D eigenvalue weighted by Gasteiger charge is 2.26. The maximum absolute atomic E-state index is 12.4. The average Bonchev–Trinajstić information content (AvgIpc) is 3.20. The first-order chi connectivity index (χ1) is 12.6. The Hall–Kier alpha value is -2.67. The Balaban J connectivity index is 1.35. The molecule has 0 unspecified atom stereocenters. The third-order valence-corrected chi connectivity index (χ3v) is 5.64. The van der Waals surface area contributed by atoms with Crippen LogP contribution >= 0.6 is 11.3 Å². The number of anilines is 1. The van der Waals surface area contributed by atoms with E-state index in [4.69, 9.17) is 0 Å². The highest BCUT2D eigenvalue weighted by Crippen LogP contribution is 2.27. The number of amides is 1. The van der Waals surface area contributed by atoms with Crippen LogP contribution in [0.3, 0.4) is 0 Å². The summed E-state index contributed by atoms with van der Waals surface area (Å²) >= 11 is 1.59. The van der Waals surface area contributed by atoms with Crippen molar-refractivity contribution < 1.29 is 9.59 Å². The van der Waals surface area contributed by atoms with E-state index in [1.54, 1.807) is 11.3 Å². The van der Waals surface area contributed by atoms with Crippen molar-refractivity contribution in [3.63, 3.8) is 0 Å². The van der Waals surface area contributed by atoms with Gasteiger partial charge in [0.05, 0.1) is 10.2 Å². The number of aromatic nitrogens is 2. The van der Waals surface area contributed by atoms with Crippen LogP contribution in [-0.4, -0.2) is 34.7 Å². The predicted octanol–water partition coefficient (Wildman–Crippen LogP) is 3.29. The Kier molecular flexibility index (Phi) is 4.46. The van der Waals surface area contributed by atoms with Gasteiger partial charge in [-0.05, 0) is 37.5 Å². The molecule has 6 nitrogen and oxygen atoms in total. The van der Waals surface area contributed by atoms with Gasteiger partial charge in [-0.25, -0.2) is 4.98 Å². The number of rotatable bonds is 5. The fourth-order valence-electron chi connectivity index (χ4n) is 3.38. The Labute approximate surface area is 155 Å². The van der Waals surface area contributed by atoms with Crippen LogP contribution in [-0.2, 0) is 6.42 Å². The summed E-state index contributed by atoms with van der Waals surface area (Å²) in [5.41, 5.74) is 3.86. The zero-order valence-corrected chi connectivity index (χ0v) is 15.3. The maximum atomic E-state index is 12.4. The fraction of sp³-hybridized carbons (Fsp3) is 0.316. The molecule has 26 heavy (non-hydrogen) atoms. The van der Waals surface area contributed by atoms with Gasteiger partial charge in [-0.3, -0.25) is 9.59 Å². The molecule has 0 fully saturated rings. The molecule has 1 aliphatic carbocycles. The molecule has 0 spiro atoms. The number of para-hydroxylation sites is 1. The molecule has 0 aliphatic heterocycles. The van der Waals surface area contributed by atoms with E-state index in [1.807, 2.05) is 31.2 Å². The summed E-state index contributed by atoms with van der Waals surface area (Å²) in [5, 5.41) is 6.99. The molecule has 7 heteroatoms. The lowest BCUT2D eigenvalue weighted by Crippen LogP contribution is -2.29. The Morgan fingerprint density at radius 1 is 1.27 bits per heavy atom. The van der Waals surface area contributed by atoms with E-state index in [1.165, 1.54) is 0 Å². The number of fused-ring (bicyclic) bond motifs is 2. The topological polar surface area (TPSA) is 86.9 Å². The Morgan fingerprint density at radius 2 is 2.12 bits per heavy atom. The van der Waals surface area contributed by atoms with Crippen LogP contribution in [0.2, 0.25) is 0 Å². The van der Waals surface area contributed by atoms with Crippen molar-refractivity contribution in [1.29, 1.82) is 0 Å². The third-order valence-electron chi connectivity index (χ3n) is 4.64. The van der Waals surface area contributed by atoms with E-state index in [9.17, 15) is 9.59 Å². The summed E-state index contributed by atoms with van der Waals surface area (Å²) in [6.45, 7) is 2.91. The second kappa shape index (κ2) is 6.92. The molecule has 0 bridgehead atoms. The number of Topliss-reactive ketones (excluding diaryl/α,β-unsaturated/α-hetero) is 1. The zero-order chi connectivity index (χ0) is 18.1. The summed E-state index contributed by atoms with van der Waals surface area (Å²) in [6, 6.07) is 7.98. The van der Waals surface area contributed by atoms with Crippen LogP contribution in [0.15, 0.2) is 24.3 Å². The van der Waals surface area contributed by atoms with Gasteiger partial charge in [0.15, 0.2) is 10.9 Å². The van der Waals surface area contributed by atoms with Crippen LogP contribution in [0.25, 0.3) is 10.2 Å². The lowest BCUT2D eigenvalue weighted by Gasteiger charge is -2.09. The first-order valence-corrected chi connectivity index (χ1v) is 9.57. The second-order valence-corrected chi connectivity index (χ2v) is 7.46. The largest absolute Gasteiger partial charge is 0.360 e. The SMILES string of the molecule is Cc1c(C(=O)NCCNc2nc3ccccc3s2)[nH]c2c1C(=O)CCC2. The molecule has 1 amide bonds. The lowest BCUT2D eigenvalue weighted by atomic mass is 9.94. The molecular formula is C19H20N4O2S. The summed E-state index contributed by atoms with van der Waals surface area (Å²) in [5.74, 6) is -0.0349. The van der Waals surface area contributed by atoms with Crippen molar-refractivity contribution in [2.45, 2.75) is 26.2 Å². The van der Waals surface area contributed by atoms with Crippen molar-refractivity contribution in [2.75, 3.05) is 18.4 Å². The number of aromatic amines is 1. The Morgan fingerprint density at radius 3 is 2.92 bits per heavy atom. The van der Waals surface area contributed by atoms with Crippen LogP contribution in [0.4, 0.5) is 5.13 Å². The minimum absolute atomic E-state index is 0.136. The molecule has 4 rings (SSSR count). The van der Waals surface area contributed by atoms with Gasteiger partial charge in [-0.15, -0.1) is 0 Å². The highest BCUT2D eigenvalue weighted by atomic mass is 32.1.